The molecule has 5 nitrogen and oxygen atoms in total. The van der Waals surface area contributed by atoms with Crippen LogP contribution in [0.1, 0.15) is 40.5 Å². The summed E-state index contributed by atoms with van der Waals surface area (Å²) in [5.74, 6) is -0.845. The monoisotopic (exact) mass is 255 g/mol. The number of alkyl carbamates (subject to hydrolysis) is 1. The second-order valence-corrected chi connectivity index (χ2v) is 5.95. The summed E-state index contributed by atoms with van der Waals surface area (Å²) in [7, 11) is 0. The fourth-order valence-corrected chi connectivity index (χ4v) is 1.86. The number of rotatable bonds is 2. The topological polar surface area (TPSA) is 75.6 Å². The van der Waals surface area contributed by atoms with Gasteiger partial charge >= 0.3 is 12.1 Å². The summed E-state index contributed by atoms with van der Waals surface area (Å²) in [4.78, 5) is 22.8. The Morgan fingerprint density at radius 2 is 2.06 bits per heavy atom. The van der Waals surface area contributed by atoms with E-state index in [1.54, 1.807) is 33.8 Å². The molecule has 102 valence electrons. The SMILES string of the molecule is CC(C)(C)OC(=O)NC1C=CCC(C)(C(=O)O)C1. The fraction of sp³-hybridized carbons (Fsp3) is 0.692. The Morgan fingerprint density at radius 1 is 1.44 bits per heavy atom. The normalized spacial score (nSPS) is 27.7. The molecule has 1 aliphatic rings. The highest BCUT2D eigenvalue weighted by atomic mass is 16.6. The number of ether oxygens (including phenoxy) is 1. The quantitative estimate of drug-likeness (QED) is 0.742. The van der Waals surface area contributed by atoms with Crippen molar-refractivity contribution in [3.05, 3.63) is 12.2 Å². The van der Waals surface area contributed by atoms with E-state index in [0.717, 1.165) is 0 Å². The van der Waals surface area contributed by atoms with Gasteiger partial charge in [0.15, 0.2) is 0 Å². The zero-order valence-electron chi connectivity index (χ0n) is 11.3. The summed E-state index contributed by atoms with van der Waals surface area (Å²) in [5, 5.41) is 11.8. The van der Waals surface area contributed by atoms with Gasteiger partial charge in [-0.1, -0.05) is 12.2 Å². The van der Waals surface area contributed by atoms with E-state index in [9.17, 15) is 9.59 Å². The van der Waals surface area contributed by atoms with Crippen LogP contribution in [-0.4, -0.2) is 28.8 Å². The lowest BCUT2D eigenvalue weighted by Crippen LogP contribution is -2.44. The van der Waals surface area contributed by atoms with E-state index in [-0.39, 0.29) is 6.04 Å². The maximum atomic E-state index is 11.6. The Morgan fingerprint density at radius 3 is 2.56 bits per heavy atom. The maximum absolute atomic E-state index is 11.6. The molecule has 0 aromatic carbocycles. The molecule has 0 radical (unpaired) electrons. The van der Waals surface area contributed by atoms with E-state index in [1.807, 2.05) is 6.08 Å². The van der Waals surface area contributed by atoms with Gasteiger partial charge in [0.05, 0.1) is 11.5 Å². The van der Waals surface area contributed by atoms with Crippen molar-refractivity contribution in [1.29, 1.82) is 0 Å². The van der Waals surface area contributed by atoms with Crippen molar-refractivity contribution in [1.82, 2.24) is 5.32 Å². The van der Waals surface area contributed by atoms with Crippen LogP contribution in [0, 0.1) is 5.41 Å². The Hall–Kier alpha value is -1.52. The zero-order chi connectivity index (χ0) is 14.0. The highest BCUT2D eigenvalue weighted by Gasteiger charge is 2.37. The Kier molecular flexibility index (Phi) is 4.04. The molecule has 2 N–H and O–H groups in total. The predicted octanol–water partition coefficient (Wildman–Crippen LogP) is 2.32. The molecule has 2 atom stereocenters. The number of hydrogen-bond donors (Lipinski definition) is 2. The molecule has 0 heterocycles. The lowest BCUT2D eigenvalue weighted by molar-refractivity contribution is -0.148. The number of allylic oxidation sites excluding steroid dienone is 1. The molecule has 0 saturated heterocycles. The smallest absolute Gasteiger partial charge is 0.408 e. The highest BCUT2D eigenvalue weighted by molar-refractivity contribution is 5.75. The maximum Gasteiger partial charge on any atom is 0.408 e. The van der Waals surface area contributed by atoms with E-state index in [4.69, 9.17) is 9.84 Å². The minimum Gasteiger partial charge on any atom is -0.481 e. The Bertz CT molecular complexity index is 370. The first-order valence-corrected chi connectivity index (χ1v) is 6.02. The van der Waals surface area contributed by atoms with Gasteiger partial charge in [0.25, 0.3) is 0 Å². The van der Waals surface area contributed by atoms with Crippen LogP contribution in [0.2, 0.25) is 0 Å². The standard InChI is InChI=1S/C13H21NO4/c1-12(2,3)18-11(17)14-9-6-5-7-13(4,8-9)10(15)16/h5-6,9H,7-8H2,1-4H3,(H,14,17)(H,15,16). The van der Waals surface area contributed by atoms with Gasteiger partial charge in [0, 0.05) is 0 Å². The van der Waals surface area contributed by atoms with Crippen LogP contribution in [-0.2, 0) is 9.53 Å². The molecule has 0 fully saturated rings. The third kappa shape index (κ3) is 4.05. The number of carboxylic acids is 1. The summed E-state index contributed by atoms with van der Waals surface area (Å²) in [5.41, 5.74) is -1.38. The number of hydrogen-bond acceptors (Lipinski definition) is 3. The van der Waals surface area contributed by atoms with Crippen LogP contribution in [0.4, 0.5) is 4.79 Å². The highest BCUT2D eigenvalue weighted by Crippen LogP contribution is 2.32. The molecule has 0 saturated carbocycles. The molecule has 1 aliphatic carbocycles. The van der Waals surface area contributed by atoms with Gasteiger partial charge in [-0.2, -0.15) is 0 Å². The Balaban J connectivity index is 2.59. The van der Waals surface area contributed by atoms with Crippen LogP contribution in [0.3, 0.4) is 0 Å². The van der Waals surface area contributed by atoms with Crippen molar-refractivity contribution in [3.63, 3.8) is 0 Å². The second-order valence-electron chi connectivity index (χ2n) is 5.95. The van der Waals surface area contributed by atoms with Gasteiger partial charge in [-0.3, -0.25) is 4.79 Å². The van der Waals surface area contributed by atoms with E-state index in [0.29, 0.717) is 12.8 Å². The molecule has 1 rings (SSSR count). The van der Waals surface area contributed by atoms with E-state index >= 15 is 0 Å². The number of amides is 1. The largest absolute Gasteiger partial charge is 0.481 e. The zero-order valence-corrected chi connectivity index (χ0v) is 11.3. The summed E-state index contributed by atoms with van der Waals surface area (Å²) in [6, 6.07) is -0.297. The molecular weight excluding hydrogens is 234 g/mol. The number of carboxylic acid groups (broad SMARTS) is 1. The average Bonchev–Trinajstić information content (AvgIpc) is 2.13. The van der Waals surface area contributed by atoms with Crippen molar-refractivity contribution in [3.8, 4) is 0 Å². The predicted molar refractivity (Wildman–Crippen MR) is 67.3 cm³/mol. The van der Waals surface area contributed by atoms with Gasteiger partial charge < -0.3 is 15.2 Å². The lowest BCUT2D eigenvalue weighted by Gasteiger charge is -2.31. The van der Waals surface area contributed by atoms with Crippen molar-refractivity contribution in [2.75, 3.05) is 0 Å². The molecular formula is C13H21NO4. The van der Waals surface area contributed by atoms with Crippen molar-refractivity contribution in [2.24, 2.45) is 5.41 Å². The second kappa shape index (κ2) is 5.00. The first kappa shape index (κ1) is 14.5. The average molecular weight is 255 g/mol. The van der Waals surface area contributed by atoms with Crippen LogP contribution < -0.4 is 5.32 Å². The van der Waals surface area contributed by atoms with Crippen molar-refractivity contribution < 1.29 is 19.4 Å². The van der Waals surface area contributed by atoms with Gasteiger partial charge in [0.2, 0.25) is 0 Å². The minimum atomic E-state index is -0.845. The molecule has 1 amide bonds. The number of carbonyl (C=O) groups excluding carboxylic acids is 1. The molecule has 0 aliphatic heterocycles. The van der Waals surface area contributed by atoms with E-state index < -0.39 is 23.1 Å². The van der Waals surface area contributed by atoms with Crippen LogP contribution >= 0.6 is 0 Å². The summed E-state index contributed by atoms with van der Waals surface area (Å²) < 4.78 is 5.14. The number of carbonyl (C=O) groups is 2. The van der Waals surface area contributed by atoms with Crippen molar-refractivity contribution >= 4 is 12.1 Å². The molecule has 0 aromatic heterocycles. The summed E-state index contributed by atoms with van der Waals surface area (Å²) >= 11 is 0. The summed E-state index contributed by atoms with van der Waals surface area (Å²) in [6.45, 7) is 7.03. The van der Waals surface area contributed by atoms with Gasteiger partial charge in [0.1, 0.15) is 5.60 Å². The lowest BCUT2D eigenvalue weighted by atomic mass is 9.77. The van der Waals surface area contributed by atoms with Gasteiger partial charge in [-0.05, 0) is 40.5 Å². The summed E-state index contributed by atoms with van der Waals surface area (Å²) in [6.07, 6.45) is 3.94. The third-order valence-corrected chi connectivity index (χ3v) is 2.83. The molecule has 18 heavy (non-hydrogen) atoms. The van der Waals surface area contributed by atoms with E-state index in [1.165, 1.54) is 0 Å². The van der Waals surface area contributed by atoms with Gasteiger partial charge in [-0.25, -0.2) is 4.79 Å². The van der Waals surface area contributed by atoms with E-state index in [2.05, 4.69) is 5.32 Å². The fourth-order valence-electron chi connectivity index (χ4n) is 1.86. The number of nitrogens with one attached hydrogen (secondary N) is 1. The van der Waals surface area contributed by atoms with Crippen LogP contribution in [0.5, 0.6) is 0 Å². The molecule has 0 spiro atoms. The molecule has 0 aromatic rings. The molecule has 2 unspecified atom stereocenters. The van der Waals surface area contributed by atoms with Crippen LogP contribution in [0.25, 0.3) is 0 Å². The minimum absolute atomic E-state index is 0.297. The first-order valence-electron chi connectivity index (χ1n) is 6.02. The van der Waals surface area contributed by atoms with Crippen molar-refractivity contribution in [2.45, 2.75) is 52.2 Å². The Labute approximate surface area is 107 Å². The van der Waals surface area contributed by atoms with Crippen LogP contribution in [0.15, 0.2) is 12.2 Å². The van der Waals surface area contributed by atoms with Gasteiger partial charge in [-0.15, -0.1) is 0 Å². The third-order valence-electron chi connectivity index (χ3n) is 2.83. The first-order chi connectivity index (χ1) is 8.12. The molecule has 0 bridgehead atoms. The molecule has 5 heteroatoms. The number of aliphatic carboxylic acids is 1.